The molecule has 0 aliphatic carbocycles. The lowest BCUT2D eigenvalue weighted by molar-refractivity contribution is 0.272. The zero-order chi connectivity index (χ0) is 14.5. The van der Waals surface area contributed by atoms with Crippen molar-refractivity contribution >= 4 is 17.2 Å². The number of rotatable bonds is 6. The molecule has 0 saturated carbocycles. The Morgan fingerprint density at radius 1 is 1.45 bits per heavy atom. The molecule has 1 aliphatic heterocycles. The summed E-state index contributed by atoms with van der Waals surface area (Å²) in [6, 6.07) is 10.3. The van der Waals surface area contributed by atoms with Crippen molar-refractivity contribution in [3.8, 4) is 0 Å². The van der Waals surface area contributed by atoms with Gasteiger partial charge in [-0.3, -0.25) is 0 Å². The maximum absolute atomic E-state index is 5.94. The summed E-state index contributed by atoms with van der Waals surface area (Å²) in [5.74, 6) is 0.920. The predicted octanol–water partition coefficient (Wildman–Crippen LogP) is 1.94. The molecule has 20 heavy (non-hydrogen) atoms. The monoisotopic (exact) mass is 291 g/mol. The van der Waals surface area contributed by atoms with Crippen molar-refractivity contribution in [2.75, 3.05) is 40.3 Å². The van der Waals surface area contributed by atoms with Gasteiger partial charge in [0, 0.05) is 25.6 Å². The number of hydrogen-bond acceptors (Lipinski definition) is 3. The first-order chi connectivity index (χ1) is 9.56. The molecule has 1 aromatic carbocycles. The number of likely N-dealkylation sites (tertiary alicyclic amines) is 1. The third-order valence-electron chi connectivity index (χ3n) is 4.10. The molecule has 1 saturated heterocycles. The molecule has 3 nitrogen and oxygen atoms in total. The van der Waals surface area contributed by atoms with Crippen LogP contribution in [0.15, 0.2) is 30.3 Å². The van der Waals surface area contributed by atoms with Gasteiger partial charge in [-0.25, -0.2) is 0 Å². The second-order valence-electron chi connectivity index (χ2n) is 6.00. The number of thiocarbonyl (C=S) groups is 1. The molecule has 2 N–H and O–H groups in total. The fraction of sp³-hybridized carbons (Fsp3) is 0.562. The molecule has 1 aliphatic rings. The van der Waals surface area contributed by atoms with Gasteiger partial charge in [0.05, 0.1) is 4.99 Å². The Hall–Kier alpha value is -0.970. The van der Waals surface area contributed by atoms with Crippen molar-refractivity contribution in [2.45, 2.75) is 12.3 Å². The van der Waals surface area contributed by atoms with E-state index in [1.165, 1.54) is 25.1 Å². The van der Waals surface area contributed by atoms with Gasteiger partial charge in [-0.2, -0.15) is 0 Å². The van der Waals surface area contributed by atoms with Crippen molar-refractivity contribution in [3.05, 3.63) is 35.9 Å². The quantitative estimate of drug-likeness (QED) is 0.812. The Balaban J connectivity index is 1.93. The third kappa shape index (κ3) is 4.27. The van der Waals surface area contributed by atoms with E-state index in [9.17, 15) is 0 Å². The van der Waals surface area contributed by atoms with Gasteiger partial charge in [0.2, 0.25) is 0 Å². The summed E-state index contributed by atoms with van der Waals surface area (Å²) in [7, 11) is 4.37. The summed E-state index contributed by atoms with van der Waals surface area (Å²) in [4.78, 5) is 5.37. The maximum Gasteiger partial charge on any atom is 0.0816 e. The summed E-state index contributed by atoms with van der Waals surface area (Å²) < 4.78 is 0. The van der Waals surface area contributed by atoms with Crippen LogP contribution < -0.4 is 5.73 Å². The summed E-state index contributed by atoms with van der Waals surface area (Å²) in [6.45, 7) is 4.44. The zero-order valence-electron chi connectivity index (χ0n) is 12.5. The molecule has 0 amide bonds. The molecular formula is C16H25N3S. The van der Waals surface area contributed by atoms with Crippen LogP contribution in [0.4, 0.5) is 0 Å². The average molecular weight is 291 g/mol. The summed E-state index contributed by atoms with van der Waals surface area (Å²) in [5, 5.41) is 0. The molecule has 1 aromatic rings. The first-order valence-electron chi connectivity index (χ1n) is 7.27. The van der Waals surface area contributed by atoms with Crippen LogP contribution in [0, 0.1) is 5.92 Å². The van der Waals surface area contributed by atoms with Gasteiger partial charge in [-0.05, 0) is 38.5 Å². The second kappa shape index (κ2) is 7.16. The first kappa shape index (κ1) is 15.4. The summed E-state index contributed by atoms with van der Waals surface area (Å²) in [5.41, 5.74) is 7.16. The lowest BCUT2D eigenvalue weighted by Gasteiger charge is -2.26. The minimum absolute atomic E-state index is 0.148. The Kier molecular flexibility index (Phi) is 5.52. The van der Waals surface area contributed by atoms with Gasteiger partial charge in [0.15, 0.2) is 0 Å². The number of nitrogens with zero attached hydrogens (tertiary/aromatic N) is 2. The molecule has 1 heterocycles. The van der Waals surface area contributed by atoms with Crippen LogP contribution in [-0.2, 0) is 0 Å². The van der Waals surface area contributed by atoms with E-state index in [1.807, 2.05) is 18.2 Å². The first-order valence-corrected chi connectivity index (χ1v) is 7.68. The maximum atomic E-state index is 5.94. The van der Waals surface area contributed by atoms with Gasteiger partial charge >= 0.3 is 0 Å². The highest BCUT2D eigenvalue weighted by atomic mass is 32.1. The van der Waals surface area contributed by atoms with Gasteiger partial charge in [-0.15, -0.1) is 0 Å². The molecular weight excluding hydrogens is 266 g/mol. The van der Waals surface area contributed by atoms with Crippen molar-refractivity contribution < 1.29 is 0 Å². The minimum atomic E-state index is 0.148. The Morgan fingerprint density at radius 3 is 2.70 bits per heavy atom. The predicted molar refractivity (Wildman–Crippen MR) is 89.1 cm³/mol. The van der Waals surface area contributed by atoms with Crippen LogP contribution in [-0.4, -0.2) is 55.1 Å². The summed E-state index contributed by atoms with van der Waals surface area (Å²) in [6.07, 6.45) is 1.30. The van der Waals surface area contributed by atoms with E-state index in [2.05, 4.69) is 36.0 Å². The molecule has 2 atom stereocenters. The van der Waals surface area contributed by atoms with Crippen molar-refractivity contribution in [1.29, 1.82) is 0 Å². The van der Waals surface area contributed by atoms with E-state index in [1.54, 1.807) is 0 Å². The van der Waals surface area contributed by atoms with Crippen molar-refractivity contribution in [1.82, 2.24) is 9.80 Å². The molecule has 0 bridgehead atoms. The lowest BCUT2D eigenvalue weighted by atomic mass is 9.98. The fourth-order valence-electron chi connectivity index (χ4n) is 3.05. The highest BCUT2D eigenvalue weighted by Crippen LogP contribution is 2.20. The van der Waals surface area contributed by atoms with Crippen LogP contribution in [0.25, 0.3) is 0 Å². The lowest BCUT2D eigenvalue weighted by Crippen LogP contribution is -2.35. The van der Waals surface area contributed by atoms with E-state index in [4.69, 9.17) is 18.0 Å². The number of nitrogens with two attached hydrogens (primary N) is 1. The fourth-order valence-corrected chi connectivity index (χ4v) is 3.26. The van der Waals surface area contributed by atoms with Gasteiger partial charge < -0.3 is 15.5 Å². The summed E-state index contributed by atoms with van der Waals surface area (Å²) >= 11 is 5.26. The van der Waals surface area contributed by atoms with Crippen molar-refractivity contribution in [2.24, 2.45) is 11.7 Å². The van der Waals surface area contributed by atoms with Crippen LogP contribution >= 0.6 is 12.2 Å². The third-order valence-corrected chi connectivity index (χ3v) is 4.38. The van der Waals surface area contributed by atoms with E-state index < -0.39 is 0 Å². The highest BCUT2D eigenvalue weighted by molar-refractivity contribution is 7.80. The Labute approximate surface area is 127 Å². The Bertz CT molecular complexity index is 435. The van der Waals surface area contributed by atoms with Crippen molar-refractivity contribution in [3.63, 3.8) is 0 Å². The van der Waals surface area contributed by atoms with E-state index >= 15 is 0 Å². The van der Waals surface area contributed by atoms with Crippen LogP contribution in [0.5, 0.6) is 0 Å². The molecule has 0 aromatic heterocycles. The molecule has 4 heteroatoms. The molecule has 110 valence electrons. The standard InChI is InChI=1S/C16H25N3S/c1-18-9-8-13(10-18)11-19(2)12-15(16(17)20)14-6-4-3-5-7-14/h3-7,13,15H,8-12H2,1-2H3,(H2,17,20). The normalized spacial score (nSPS) is 21.2. The zero-order valence-corrected chi connectivity index (χ0v) is 13.3. The van der Waals surface area contributed by atoms with Crippen LogP contribution in [0.3, 0.4) is 0 Å². The molecule has 1 fully saturated rings. The number of hydrogen-bond donors (Lipinski definition) is 1. The Morgan fingerprint density at radius 2 is 2.15 bits per heavy atom. The van der Waals surface area contributed by atoms with Crippen LogP contribution in [0.2, 0.25) is 0 Å². The second-order valence-corrected chi connectivity index (χ2v) is 6.48. The number of benzene rings is 1. The highest BCUT2D eigenvalue weighted by Gasteiger charge is 2.23. The SMILES string of the molecule is CN1CCC(CN(C)CC(C(N)=S)c2ccccc2)C1. The van der Waals surface area contributed by atoms with E-state index in [0.717, 1.165) is 19.0 Å². The molecule has 0 spiro atoms. The van der Waals surface area contributed by atoms with E-state index in [0.29, 0.717) is 4.99 Å². The van der Waals surface area contributed by atoms with Gasteiger partial charge in [-0.1, -0.05) is 42.5 Å². The topological polar surface area (TPSA) is 32.5 Å². The minimum Gasteiger partial charge on any atom is -0.393 e. The average Bonchev–Trinajstić information content (AvgIpc) is 2.82. The van der Waals surface area contributed by atoms with Gasteiger partial charge in [0.1, 0.15) is 0 Å². The number of likely N-dealkylation sites (N-methyl/N-ethyl adjacent to an activating group) is 1. The van der Waals surface area contributed by atoms with Crippen LogP contribution in [0.1, 0.15) is 17.9 Å². The smallest absolute Gasteiger partial charge is 0.0816 e. The van der Waals surface area contributed by atoms with E-state index in [-0.39, 0.29) is 5.92 Å². The molecule has 2 rings (SSSR count). The molecule has 2 unspecified atom stereocenters. The largest absolute Gasteiger partial charge is 0.393 e. The van der Waals surface area contributed by atoms with Gasteiger partial charge in [0.25, 0.3) is 0 Å². The molecule has 0 radical (unpaired) electrons.